The van der Waals surface area contributed by atoms with Gasteiger partial charge in [-0.2, -0.15) is 0 Å². The van der Waals surface area contributed by atoms with Gasteiger partial charge in [0.15, 0.2) is 0 Å². The van der Waals surface area contributed by atoms with Crippen molar-refractivity contribution in [3.05, 3.63) is 77.4 Å². The standard InChI is InChI=1S/C20H16N2O4S2/c1-13-6-4-7-14(12-13)21-20(23)19-18(15-8-2-3-9-16(15)26-19)22-28(24,25)17-10-5-11-27-17/h2-12,22H,1H3,(H,21,23). The van der Waals surface area contributed by atoms with Crippen LogP contribution in [0.1, 0.15) is 16.1 Å². The number of carbonyl (C=O) groups is 1. The smallest absolute Gasteiger partial charge is 0.293 e. The van der Waals surface area contributed by atoms with Crippen LogP contribution < -0.4 is 10.0 Å². The number of amides is 1. The Morgan fingerprint density at radius 3 is 2.61 bits per heavy atom. The molecule has 0 unspecified atom stereocenters. The van der Waals surface area contributed by atoms with Crippen LogP contribution >= 0.6 is 11.3 Å². The van der Waals surface area contributed by atoms with Crippen molar-refractivity contribution in [2.24, 2.45) is 0 Å². The van der Waals surface area contributed by atoms with Gasteiger partial charge in [-0.15, -0.1) is 11.3 Å². The van der Waals surface area contributed by atoms with E-state index in [0.717, 1.165) is 16.9 Å². The zero-order valence-corrected chi connectivity index (χ0v) is 16.4. The number of para-hydroxylation sites is 1. The van der Waals surface area contributed by atoms with Crippen molar-refractivity contribution in [3.8, 4) is 0 Å². The number of hydrogen-bond acceptors (Lipinski definition) is 5. The first-order valence-corrected chi connectivity index (χ1v) is 10.8. The second kappa shape index (κ2) is 7.14. The topological polar surface area (TPSA) is 88.4 Å². The first-order valence-electron chi connectivity index (χ1n) is 8.40. The van der Waals surface area contributed by atoms with E-state index in [9.17, 15) is 13.2 Å². The van der Waals surface area contributed by atoms with E-state index in [1.807, 2.05) is 25.1 Å². The zero-order valence-electron chi connectivity index (χ0n) is 14.8. The second-order valence-electron chi connectivity index (χ2n) is 6.16. The lowest BCUT2D eigenvalue weighted by Gasteiger charge is -2.08. The van der Waals surface area contributed by atoms with Crippen LogP contribution in [0.4, 0.5) is 11.4 Å². The molecule has 142 valence electrons. The van der Waals surface area contributed by atoms with Gasteiger partial charge >= 0.3 is 0 Å². The molecule has 0 aliphatic carbocycles. The van der Waals surface area contributed by atoms with Gasteiger partial charge < -0.3 is 9.73 Å². The molecule has 1 amide bonds. The molecule has 0 aliphatic heterocycles. The van der Waals surface area contributed by atoms with E-state index in [4.69, 9.17) is 4.42 Å². The fraction of sp³-hybridized carbons (Fsp3) is 0.0500. The van der Waals surface area contributed by atoms with Crippen molar-refractivity contribution in [1.82, 2.24) is 0 Å². The van der Waals surface area contributed by atoms with Crippen LogP contribution in [0.15, 0.2) is 74.7 Å². The van der Waals surface area contributed by atoms with E-state index in [0.29, 0.717) is 16.7 Å². The number of furan rings is 1. The number of sulfonamides is 1. The summed E-state index contributed by atoms with van der Waals surface area (Å²) in [4.78, 5) is 12.9. The summed E-state index contributed by atoms with van der Waals surface area (Å²) < 4.78 is 33.8. The van der Waals surface area contributed by atoms with Gasteiger partial charge in [0.25, 0.3) is 15.9 Å². The van der Waals surface area contributed by atoms with Crippen molar-refractivity contribution in [2.45, 2.75) is 11.1 Å². The van der Waals surface area contributed by atoms with Gasteiger partial charge in [-0.05, 0) is 48.2 Å². The molecule has 0 fully saturated rings. The van der Waals surface area contributed by atoms with E-state index in [-0.39, 0.29) is 15.7 Å². The number of nitrogens with one attached hydrogen (secondary N) is 2. The molecule has 2 aromatic carbocycles. The van der Waals surface area contributed by atoms with Crippen molar-refractivity contribution >= 4 is 49.6 Å². The minimum absolute atomic E-state index is 0.0946. The molecule has 4 rings (SSSR count). The molecule has 4 aromatic rings. The van der Waals surface area contributed by atoms with E-state index in [2.05, 4.69) is 10.0 Å². The van der Waals surface area contributed by atoms with Crippen molar-refractivity contribution < 1.29 is 17.6 Å². The number of hydrogen-bond donors (Lipinski definition) is 2. The van der Waals surface area contributed by atoms with Crippen LogP contribution in [-0.4, -0.2) is 14.3 Å². The first-order chi connectivity index (χ1) is 13.4. The van der Waals surface area contributed by atoms with Crippen LogP contribution in [0.25, 0.3) is 11.0 Å². The summed E-state index contributed by atoms with van der Waals surface area (Å²) in [7, 11) is -3.84. The Morgan fingerprint density at radius 1 is 1.04 bits per heavy atom. The Kier molecular flexibility index (Phi) is 4.66. The summed E-state index contributed by atoms with van der Waals surface area (Å²) in [5, 5.41) is 4.94. The molecule has 0 radical (unpaired) electrons. The Morgan fingerprint density at radius 2 is 1.86 bits per heavy atom. The average Bonchev–Trinajstić information content (AvgIpc) is 3.31. The minimum Gasteiger partial charge on any atom is -0.449 e. The predicted octanol–water partition coefficient (Wildman–Crippen LogP) is 4.86. The summed E-state index contributed by atoms with van der Waals surface area (Å²) in [5.41, 5.74) is 2.12. The molecule has 28 heavy (non-hydrogen) atoms. The maximum atomic E-state index is 12.9. The summed E-state index contributed by atoms with van der Waals surface area (Å²) in [6.07, 6.45) is 0. The van der Waals surface area contributed by atoms with Crippen LogP contribution in [0.3, 0.4) is 0 Å². The van der Waals surface area contributed by atoms with E-state index >= 15 is 0 Å². The molecule has 2 N–H and O–H groups in total. The number of rotatable bonds is 5. The van der Waals surface area contributed by atoms with Crippen LogP contribution in [0.2, 0.25) is 0 Å². The highest BCUT2D eigenvalue weighted by molar-refractivity contribution is 7.94. The van der Waals surface area contributed by atoms with Crippen molar-refractivity contribution in [1.29, 1.82) is 0 Å². The fourth-order valence-corrected chi connectivity index (χ4v) is 4.89. The van der Waals surface area contributed by atoms with Gasteiger partial charge in [-0.1, -0.05) is 30.3 Å². The van der Waals surface area contributed by atoms with Gasteiger partial charge in [0, 0.05) is 11.1 Å². The van der Waals surface area contributed by atoms with Crippen LogP contribution in [-0.2, 0) is 10.0 Å². The molecule has 0 spiro atoms. The van der Waals surface area contributed by atoms with Gasteiger partial charge in [-0.3, -0.25) is 9.52 Å². The lowest BCUT2D eigenvalue weighted by molar-refractivity contribution is 0.1000. The first kappa shape index (κ1) is 18.3. The molecule has 8 heteroatoms. The summed E-state index contributed by atoms with van der Waals surface area (Å²) in [6, 6.07) is 17.4. The lowest BCUT2D eigenvalue weighted by atomic mass is 10.2. The third-order valence-corrected chi connectivity index (χ3v) is 6.82. The largest absolute Gasteiger partial charge is 0.449 e. The monoisotopic (exact) mass is 412 g/mol. The van der Waals surface area contributed by atoms with Crippen LogP contribution in [0.5, 0.6) is 0 Å². The summed E-state index contributed by atoms with van der Waals surface area (Å²) in [5.74, 6) is -0.631. The summed E-state index contributed by atoms with van der Waals surface area (Å²) in [6.45, 7) is 1.91. The van der Waals surface area contributed by atoms with Crippen molar-refractivity contribution in [2.75, 3.05) is 10.0 Å². The molecule has 2 heterocycles. The summed E-state index contributed by atoms with van der Waals surface area (Å²) >= 11 is 1.09. The Labute approximate surface area is 165 Å². The van der Waals surface area contributed by atoms with Crippen molar-refractivity contribution in [3.63, 3.8) is 0 Å². The quantitative estimate of drug-likeness (QED) is 0.490. The van der Waals surface area contributed by atoms with Gasteiger partial charge in [-0.25, -0.2) is 8.42 Å². The molecule has 2 aromatic heterocycles. The molecule has 6 nitrogen and oxygen atoms in total. The highest BCUT2D eigenvalue weighted by atomic mass is 32.2. The SMILES string of the molecule is Cc1cccc(NC(=O)c2oc3ccccc3c2NS(=O)(=O)c2cccs2)c1. The highest BCUT2D eigenvalue weighted by Gasteiger charge is 2.25. The van der Waals surface area contributed by atoms with Gasteiger partial charge in [0.2, 0.25) is 5.76 Å². The number of thiophene rings is 1. The maximum Gasteiger partial charge on any atom is 0.293 e. The third-order valence-electron chi connectivity index (χ3n) is 4.07. The molecule has 0 atom stereocenters. The minimum atomic E-state index is -3.84. The van der Waals surface area contributed by atoms with E-state index < -0.39 is 15.9 Å². The highest BCUT2D eigenvalue weighted by Crippen LogP contribution is 2.33. The Hall–Kier alpha value is -3.10. The van der Waals surface area contributed by atoms with Gasteiger partial charge in [0.1, 0.15) is 15.5 Å². The fourth-order valence-electron chi connectivity index (χ4n) is 2.82. The molecular formula is C20H16N2O4S2. The molecule has 0 aliphatic rings. The molecular weight excluding hydrogens is 396 g/mol. The normalized spacial score (nSPS) is 11.5. The Balaban J connectivity index is 1.76. The average molecular weight is 412 g/mol. The van der Waals surface area contributed by atoms with Crippen LogP contribution in [0, 0.1) is 6.92 Å². The number of fused-ring (bicyclic) bond motifs is 1. The van der Waals surface area contributed by atoms with Gasteiger partial charge in [0.05, 0.1) is 0 Å². The number of aryl methyl sites for hydroxylation is 1. The lowest BCUT2D eigenvalue weighted by Crippen LogP contribution is -2.17. The zero-order chi connectivity index (χ0) is 19.7. The maximum absolute atomic E-state index is 12.9. The molecule has 0 saturated heterocycles. The van der Waals surface area contributed by atoms with E-state index in [1.165, 1.54) is 6.07 Å². The number of anilines is 2. The second-order valence-corrected chi connectivity index (χ2v) is 9.02. The number of benzene rings is 2. The predicted molar refractivity (Wildman–Crippen MR) is 110 cm³/mol. The third kappa shape index (κ3) is 3.51. The Bertz CT molecular complexity index is 1260. The van der Waals surface area contributed by atoms with E-state index in [1.54, 1.807) is 41.8 Å². The molecule has 0 bridgehead atoms. The molecule has 0 saturated carbocycles. The number of carbonyl (C=O) groups excluding carboxylic acids is 1.